The second-order valence-electron chi connectivity index (χ2n) is 7.47. The molecule has 0 radical (unpaired) electrons. The van der Waals surface area contributed by atoms with Gasteiger partial charge in [-0.2, -0.15) is 5.26 Å². The SMILES string of the molecule is N#Cc1cccc(C(=O)NC(=NC2CC(c3ccc(F)cc3)NN2)N[C@@H]2CCOC2)c1. The zero-order valence-corrected chi connectivity index (χ0v) is 16.8. The summed E-state index contributed by atoms with van der Waals surface area (Å²) in [5, 5.41) is 15.1. The number of nitrogens with zero attached hydrogens (tertiary/aromatic N) is 2. The third-order valence-corrected chi connectivity index (χ3v) is 5.20. The number of nitriles is 1. The fraction of sp³-hybridized carbons (Fsp3) is 0.318. The van der Waals surface area contributed by atoms with Crippen molar-refractivity contribution >= 4 is 11.9 Å². The van der Waals surface area contributed by atoms with Crippen LogP contribution in [-0.4, -0.2) is 37.3 Å². The van der Waals surface area contributed by atoms with Crippen LogP contribution in [0.25, 0.3) is 0 Å². The van der Waals surface area contributed by atoms with Crippen molar-refractivity contribution in [3.63, 3.8) is 0 Å². The van der Waals surface area contributed by atoms with Crippen LogP contribution in [-0.2, 0) is 4.74 Å². The van der Waals surface area contributed by atoms with E-state index >= 15 is 0 Å². The lowest BCUT2D eigenvalue weighted by molar-refractivity contribution is 0.0975. The van der Waals surface area contributed by atoms with Crippen LogP contribution >= 0.6 is 0 Å². The molecule has 0 saturated carbocycles. The smallest absolute Gasteiger partial charge is 0.257 e. The molecule has 2 aromatic carbocycles. The van der Waals surface area contributed by atoms with Crippen LogP contribution in [0.5, 0.6) is 0 Å². The number of hydrazine groups is 1. The molecule has 160 valence electrons. The molecule has 3 atom stereocenters. The molecule has 2 aliphatic heterocycles. The zero-order chi connectivity index (χ0) is 21.6. The van der Waals surface area contributed by atoms with Gasteiger partial charge in [-0.1, -0.05) is 18.2 Å². The second kappa shape index (κ2) is 9.66. The Hall–Kier alpha value is -3.32. The standard InChI is InChI=1S/C22H23FN6O2/c23-17-6-4-15(5-7-17)19-11-20(29-28-19)26-22(25-18-8-9-31-13-18)27-21(30)16-3-1-2-14(10-16)12-24/h1-7,10,18-20,28-29H,8-9,11,13H2,(H2,25,26,27,30)/t18-,19?,20?/m1/s1. The lowest BCUT2D eigenvalue weighted by Gasteiger charge is -2.17. The third-order valence-electron chi connectivity index (χ3n) is 5.20. The van der Waals surface area contributed by atoms with Gasteiger partial charge in [-0.3, -0.25) is 10.1 Å². The number of halogens is 1. The van der Waals surface area contributed by atoms with E-state index in [1.165, 1.54) is 18.2 Å². The Kier molecular flexibility index (Phi) is 6.52. The van der Waals surface area contributed by atoms with Crippen molar-refractivity contribution in [3.8, 4) is 6.07 Å². The molecule has 2 aliphatic rings. The number of aliphatic imine (C=N–C) groups is 1. The van der Waals surface area contributed by atoms with Gasteiger partial charge in [-0.25, -0.2) is 20.2 Å². The van der Waals surface area contributed by atoms with Crippen LogP contribution in [0.1, 0.15) is 40.4 Å². The number of hydrogen-bond donors (Lipinski definition) is 4. The van der Waals surface area contributed by atoms with Crippen LogP contribution in [0, 0.1) is 17.1 Å². The minimum Gasteiger partial charge on any atom is -0.379 e. The quantitative estimate of drug-likeness (QED) is 0.441. The highest BCUT2D eigenvalue weighted by molar-refractivity contribution is 6.06. The van der Waals surface area contributed by atoms with Crippen molar-refractivity contribution in [2.75, 3.05) is 13.2 Å². The molecule has 9 heteroatoms. The van der Waals surface area contributed by atoms with E-state index in [0.717, 1.165) is 12.0 Å². The van der Waals surface area contributed by atoms with E-state index < -0.39 is 0 Å². The van der Waals surface area contributed by atoms with Crippen molar-refractivity contribution in [1.29, 1.82) is 5.26 Å². The highest BCUT2D eigenvalue weighted by Crippen LogP contribution is 2.23. The highest BCUT2D eigenvalue weighted by Gasteiger charge is 2.26. The van der Waals surface area contributed by atoms with E-state index in [0.29, 0.717) is 36.7 Å². The number of amides is 1. The fourth-order valence-corrected chi connectivity index (χ4v) is 3.55. The van der Waals surface area contributed by atoms with Gasteiger partial charge in [0, 0.05) is 24.6 Å². The van der Waals surface area contributed by atoms with E-state index in [1.807, 2.05) is 6.07 Å². The summed E-state index contributed by atoms with van der Waals surface area (Å²) in [7, 11) is 0. The minimum absolute atomic E-state index is 0.0339. The Balaban J connectivity index is 1.47. The summed E-state index contributed by atoms with van der Waals surface area (Å²) < 4.78 is 18.6. The van der Waals surface area contributed by atoms with Crippen molar-refractivity contribution in [2.45, 2.75) is 31.1 Å². The Morgan fingerprint density at radius 1 is 1.23 bits per heavy atom. The Bertz CT molecular complexity index is 998. The summed E-state index contributed by atoms with van der Waals surface area (Å²) >= 11 is 0. The van der Waals surface area contributed by atoms with Crippen LogP contribution in [0.15, 0.2) is 53.5 Å². The molecular weight excluding hydrogens is 399 g/mol. The van der Waals surface area contributed by atoms with Crippen molar-refractivity contribution in [1.82, 2.24) is 21.5 Å². The summed E-state index contributed by atoms with van der Waals surface area (Å²) in [6.45, 7) is 1.19. The summed E-state index contributed by atoms with van der Waals surface area (Å²) in [5.74, 6) is -0.303. The normalized spacial score (nSPS) is 23.4. The van der Waals surface area contributed by atoms with E-state index in [4.69, 9.17) is 10.00 Å². The van der Waals surface area contributed by atoms with E-state index in [1.54, 1.807) is 30.3 Å². The summed E-state index contributed by atoms with van der Waals surface area (Å²) in [5.41, 5.74) is 8.00. The number of nitrogens with one attached hydrogen (secondary N) is 4. The van der Waals surface area contributed by atoms with Gasteiger partial charge in [0.25, 0.3) is 5.91 Å². The molecule has 2 saturated heterocycles. The number of carbonyl (C=O) groups is 1. The van der Waals surface area contributed by atoms with E-state index in [9.17, 15) is 9.18 Å². The van der Waals surface area contributed by atoms with Gasteiger partial charge in [-0.05, 0) is 42.3 Å². The number of guanidine groups is 1. The first kappa shape index (κ1) is 20.9. The molecule has 4 N–H and O–H groups in total. The minimum atomic E-state index is -0.358. The molecule has 4 rings (SSSR count). The summed E-state index contributed by atoms with van der Waals surface area (Å²) in [6.07, 6.45) is 1.14. The maximum atomic E-state index is 13.2. The molecule has 0 aromatic heterocycles. The van der Waals surface area contributed by atoms with E-state index in [2.05, 4.69) is 26.5 Å². The van der Waals surface area contributed by atoms with E-state index in [-0.39, 0.29) is 30.0 Å². The Labute approximate surface area is 179 Å². The third kappa shape index (κ3) is 5.44. The lowest BCUT2D eigenvalue weighted by Crippen LogP contribution is -2.47. The maximum absolute atomic E-state index is 13.2. The first-order chi connectivity index (χ1) is 15.1. The number of carbonyl (C=O) groups excluding carboxylic acids is 1. The average molecular weight is 422 g/mol. The van der Waals surface area contributed by atoms with Gasteiger partial charge in [-0.15, -0.1) is 0 Å². The first-order valence-electron chi connectivity index (χ1n) is 10.1. The molecule has 2 heterocycles. The van der Waals surface area contributed by atoms with Gasteiger partial charge in [0.1, 0.15) is 12.0 Å². The zero-order valence-electron chi connectivity index (χ0n) is 16.8. The van der Waals surface area contributed by atoms with Crippen molar-refractivity contribution in [3.05, 3.63) is 71.0 Å². The topological polar surface area (TPSA) is 111 Å². The van der Waals surface area contributed by atoms with Crippen LogP contribution < -0.4 is 21.5 Å². The van der Waals surface area contributed by atoms with Gasteiger partial charge in [0.2, 0.25) is 0 Å². The first-order valence-corrected chi connectivity index (χ1v) is 10.1. The number of benzene rings is 2. The molecule has 31 heavy (non-hydrogen) atoms. The Morgan fingerprint density at radius 3 is 2.81 bits per heavy atom. The van der Waals surface area contributed by atoms with Crippen LogP contribution in [0.2, 0.25) is 0 Å². The monoisotopic (exact) mass is 422 g/mol. The highest BCUT2D eigenvalue weighted by atomic mass is 19.1. The van der Waals surface area contributed by atoms with Gasteiger partial charge in [0.15, 0.2) is 5.96 Å². The number of hydrogen-bond acceptors (Lipinski definition) is 6. The van der Waals surface area contributed by atoms with Crippen LogP contribution in [0.4, 0.5) is 4.39 Å². The van der Waals surface area contributed by atoms with Gasteiger partial charge >= 0.3 is 0 Å². The van der Waals surface area contributed by atoms with Gasteiger partial charge in [0.05, 0.1) is 24.3 Å². The number of rotatable bonds is 4. The molecule has 2 unspecified atom stereocenters. The van der Waals surface area contributed by atoms with Crippen molar-refractivity contribution < 1.29 is 13.9 Å². The fourth-order valence-electron chi connectivity index (χ4n) is 3.55. The maximum Gasteiger partial charge on any atom is 0.257 e. The second-order valence-corrected chi connectivity index (χ2v) is 7.47. The lowest BCUT2D eigenvalue weighted by atomic mass is 10.0. The average Bonchev–Trinajstić information content (AvgIpc) is 3.46. The Morgan fingerprint density at radius 2 is 2.06 bits per heavy atom. The van der Waals surface area contributed by atoms with Crippen molar-refractivity contribution in [2.24, 2.45) is 4.99 Å². The predicted octanol–water partition coefficient (Wildman–Crippen LogP) is 1.73. The van der Waals surface area contributed by atoms with Gasteiger partial charge < -0.3 is 10.1 Å². The molecule has 2 aromatic rings. The summed E-state index contributed by atoms with van der Waals surface area (Å²) in [6, 6.07) is 14.9. The number of ether oxygens (including phenoxy) is 1. The largest absolute Gasteiger partial charge is 0.379 e. The summed E-state index contributed by atoms with van der Waals surface area (Å²) in [4.78, 5) is 17.4. The van der Waals surface area contributed by atoms with Crippen LogP contribution in [0.3, 0.4) is 0 Å². The molecule has 0 bridgehead atoms. The molecule has 2 fully saturated rings. The molecule has 0 spiro atoms. The molecular formula is C22H23FN6O2. The molecule has 8 nitrogen and oxygen atoms in total. The molecule has 1 amide bonds. The predicted molar refractivity (Wildman–Crippen MR) is 112 cm³/mol. The molecule has 0 aliphatic carbocycles.